The van der Waals surface area contributed by atoms with Gasteiger partial charge in [0.2, 0.25) is 11.7 Å². The number of piperidine rings is 1. The molecule has 9 heteroatoms. The number of para-hydroxylation sites is 2. The van der Waals surface area contributed by atoms with E-state index >= 15 is 0 Å². The van der Waals surface area contributed by atoms with E-state index in [1.165, 1.54) is 0 Å². The van der Waals surface area contributed by atoms with Crippen molar-refractivity contribution in [1.82, 2.24) is 24.9 Å². The minimum atomic E-state index is -0.0576. The van der Waals surface area contributed by atoms with Gasteiger partial charge in [0.1, 0.15) is 5.69 Å². The van der Waals surface area contributed by atoms with E-state index in [0.717, 1.165) is 56.9 Å². The number of likely N-dealkylation sites (N-methyl/N-ethyl adjacent to an activating group) is 1. The first-order valence-electron chi connectivity index (χ1n) is 12.1. The van der Waals surface area contributed by atoms with Crippen LogP contribution in [0.15, 0.2) is 53.2 Å². The molecule has 0 atom stereocenters. The van der Waals surface area contributed by atoms with Gasteiger partial charge < -0.3 is 24.5 Å². The normalized spacial score (nSPS) is 17.7. The van der Waals surface area contributed by atoms with E-state index in [1.54, 1.807) is 6.20 Å². The zero-order valence-electron chi connectivity index (χ0n) is 19.6. The summed E-state index contributed by atoms with van der Waals surface area (Å²) in [5.41, 5.74) is 2.66. The molecule has 178 valence electrons. The lowest BCUT2D eigenvalue weighted by atomic mass is 9.97. The Morgan fingerprint density at radius 2 is 1.79 bits per heavy atom. The zero-order valence-corrected chi connectivity index (χ0v) is 19.6. The number of benzene rings is 1. The van der Waals surface area contributed by atoms with Crippen LogP contribution in [-0.4, -0.2) is 76.8 Å². The Morgan fingerprint density at radius 1 is 1.03 bits per heavy atom. The molecule has 0 aliphatic carbocycles. The standard InChI is InChI=1S/C25H31N7O2/c1-2-30-15-17-31(18-16-30)22-9-4-3-7-20(22)27-25(33)32-13-10-19(11-14-32)24-28-23(29-34-24)21-8-5-6-12-26-21/h3-9,12,19H,2,10-11,13-18H2,1H3,(H,27,33). The third-order valence-corrected chi connectivity index (χ3v) is 6.77. The van der Waals surface area contributed by atoms with Crippen molar-refractivity contribution in [2.24, 2.45) is 0 Å². The molecule has 2 saturated heterocycles. The molecule has 2 aliphatic heterocycles. The highest BCUT2D eigenvalue weighted by Crippen LogP contribution is 2.30. The van der Waals surface area contributed by atoms with Gasteiger partial charge in [0.25, 0.3) is 0 Å². The summed E-state index contributed by atoms with van der Waals surface area (Å²) in [6, 6.07) is 13.7. The Labute approximate surface area is 199 Å². The summed E-state index contributed by atoms with van der Waals surface area (Å²) in [4.78, 5) is 28.6. The molecule has 0 spiro atoms. The molecule has 2 aromatic heterocycles. The Kier molecular flexibility index (Phi) is 6.71. The summed E-state index contributed by atoms with van der Waals surface area (Å²) in [7, 11) is 0. The molecule has 34 heavy (non-hydrogen) atoms. The van der Waals surface area contributed by atoms with Crippen molar-refractivity contribution >= 4 is 17.4 Å². The van der Waals surface area contributed by atoms with Crippen molar-refractivity contribution in [1.29, 1.82) is 0 Å². The van der Waals surface area contributed by atoms with Crippen LogP contribution >= 0.6 is 0 Å². The maximum atomic E-state index is 13.1. The molecule has 4 heterocycles. The SMILES string of the molecule is CCN1CCN(c2ccccc2NC(=O)N2CCC(c3nc(-c4ccccn4)no3)CC2)CC1. The molecular weight excluding hydrogens is 430 g/mol. The molecule has 2 aliphatic rings. The van der Waals surface area contributed by atoms with Crippen LogP contribution < -0.4 is 10.2 Å². The molecular formula is C25H31N7O2. The van der Waals surface area contributed by atoms with E-state index in [4.69, 9.17) is 4.52 Å². The quantitative estimate of drug-likeness (QED) is 0.620. The smallest absolute Gasteiger partial charge is 0.321 e. The Balaban J connectivity index is 1.18. The van der Waals surface area contributed by atoms with Gasteiger partial charge in [-0.3, -0.25) is 4.98 Å². The first-order valence-corrected chi connectivity index (χ1v) is 12.1. The third-order valence-electron chi connectivity index (χ3n) is 6.77. The van der Waals surface area contributed by atoms with Crippen LogP contribution in [0, 0.1) is 0 Å². The first kappa shape index (κ1) is 22.3. The molecule has 0 radical (unpaired) electrons. The van der Waals surface area contributed by atoms with Crippen molar-refractivity contribution in [2.75, 3.05) is 56.0 Å². The predicted octanol–water partition coefficient (Wildman–Crippen LogP) is 3.69. The van der Waals surface area contributed by atoms with Crippen LogP contribution in [0.1, 0.15) is 31.6 Å². The monoisotopic (exact) mass is 461 g/mol. The third kappa shape index (κ3) is 4.89. The van der Waals surface area contributed by atoms with Crippen LogP contribution in [0.2, 0.25) is 0 Å². The average molecular weight is 462 g/mol. The van der Waals surface area contributed by atoms with Gasteiger partial charge in [-0.1, -0.05) is 30.3 Å². The van der Waals surface area contributed by atoms with E-state index in [1.807, 2.05) is 41.3 Å². The van der Waals surface area contributed by atoms with Crippen molar-refractivity contribution in [3.63, 3.8) is 0 Å². The molecule has 3 aromatic rings. The van der Waals surface area contributed by atoms with Gasteiger partial charge in [-0.05, 0) is 43.7 Å². The Morgan fingerprint density at radius 3 is 2.53 bits per heavy atom. The van der Waals surface area contributed by atoms with E-state index in [9.17, 15) is 4.79 Å². The summed E-state index contributed by atoms with van der Waals surface area (Å²) in [5.74, 6) is 1.28. The minimum Gasteiger partial charge on any atom is -0.367 e. The summed E-state index contributed by atoms with van der Waals surface area (Å²) in [6.45, 7) is 8.60. The minimum absolute atomic E-state index is 0.0576. The number of anilines is 2. The zero-order chi connectivity index (χ0) is 23.3. The molecule has 2 amide bonds. The highest BCUT2D eigenvalue weighted by Gasteiger charge is 2.28. The van der Waals surface area contributed by atoms with Gasteiger partial charge in [0.15, 0.2) is 0 Å². The predicted molar refractivity (Wildman–Crippen MR) is 131 cm³/mol. The van der Waals surface area contributed by atoms with Crippen LogP contribution in [0.25, 0.3) is 11.5 Å². The number of nitrogens with zero attached hydrogens (tertiary/aromatic N) is 6. The fraction of sp³-hybridized carbons (Fsp3) is 0.440. The Hall–Kier alpha value is -3.46. The number of nitrogens with one attached hydrogen (secondary N) is 1. The number of likely N-dealkylation sites (tertiary alicyclic amines) is 1. The lowest BCUT2D eigenvalue weighted by Crippen LogP contribution is -2.46. The van der Waals surface area contributed by atoms with Gasteiger partial charge >= 0.3 is 6.03 Å². The number of piperazine rings is 1. The second-order valence-electron chi connectivity index (χ2n) is 8.80. The number of hydrogen-bond acceptors (Lipinski definition) is 7. The average Bonchev–Trinajstić information content (AvgIpc) is 3.40. The maximum absolute atomic E-state index is 13.1. The van der Waals surface area contributed by atoms with Gasteiger partial charge in [-0.2, -0.15) is 4.98 Å². The van der Waals surface area contributed by atoms with Gasteiger partial charge in [-0.15, -0.1) is 0 Å². The van der Waals surface area contributed by atoms with E-state index in [-0.39, 0.29) is 11.9 Å². The maximum Gasteiger partial charge on any atom is 0.321 e. The number of aromatic nitrogens is 3. The lowest BCUT2D eigenvalue weighted by molar-refractivity contribution is 0.187. The lowest BCUT2D eigenvalue weighted by Gasteiger charge is -2.36. The van der Waals surface area contributed by atoms with E-state index in [0.29, 0.717) is 30.5 Å². The van der Waals surface area contributed by atoms with Gasteiger partial charge in [-0.25, -0.2) is 4.79 Å². The van der Waals surface area contributed by atoms with Crippen molar-refractivity contribution < 1.29 is 9.32 Å². The number of rotatable bonds is 5. The second kappa shape index (κ2) is 10.2. The molecule has 1 N–H and O–H groups in total. The van der Waals surface area contributed by atoms with Gasteiger partial charge in [0, 0.05) is 51.4 Å². The summed E-state index contributed by atoms with van der Waals surface area (Å²) >= 11 is 0. The Bertz CT molecular complexity index is 1090. The number of carbonyl (C=O) groups excluding carboxylic acids is 1. The fourth-order valence-corrected chi connectivity index (χ4v) is 4.68. The molecule has 9 nitrogen and oxygen atoms in total. The van der Waals surface area contributed by atoms with Crippen LogP contribution in [0.3, 0.4) is 0 Å². The van der Waals surface area contributed by atoms with Crippen LogP contribution in [0.5, 0.6) is 0 Å². The van der Waals surface area contributed by atoms with Crippen LogP contribution in [0.4, 0.5) is 16.2 Å². The number of amides is 2. The van der Waals surface area contributed by atoms with Crippen LogP contribution in [-0.2, 0) is 0 Å². The summed E-state index contributed by atoms with van der Waals surface area (Å²) < 4.78 is 5.52. The van der Waals surface area contributed by atoms with E-state index < -0.39 is 0 Å². The molecule has 2 fully saturated rings. The fourth-order valence-electron chi connectivity index (χ4n) is 4.68. The molecule has 0 bridgehead atoms. The second-order valence-corrected chi connectivity index (χ2v) is 8.80. The van der Waals surface area contributed by atoms with Gasteiger partial charge in [0.05, 0.1) is 11.4 Å². The first-order chi connectivity index (χ1) is 16.7. The topological polar surface area (TPSA) is 90.6 Å². The van der Waals surface area contributed by atoms with Crippen molar-refractivity contribution in [3.05, 3.63) is 54.6 Å². The van der Waals surface area contributed by atoms with Crippen molar-refractivity contribution in [2.45, 2.75) is 25.7 Å². The highest BCUT2D eigenvalue weighted by molar-refractivity contribution is 5.93. The largest absolute Gasteiger partial charge is 0.367 e. The van der Waals surface area contributed by atoms with E-state index in [2.05, 4.69) is 43.2 Å². The number of urea groups is 1. The number of carbonyl (C=O) groups is 1. The number of hydrogen-bond donors (Lipinski definition) is 1. The summed E-state index contributed by atoms with van der Waals surface area (Å²) in [5, 5.41) is 7.24. The number of pyridine rings is 1. The van der Waals surface area contributed by atoms with Crippen molar-refractivity contribution in [3.8, 4) is 11.5 Å². The molecule has 0 unspecified atom stereocenters. The molecule has 1 aromatic carbocycles. The highest BCUT2D eigenvalue weighted by atomic mass is 16.5. The molecule has 5 rings (SSSR count). The molecule has 0 saturated carbocycles. The summed E-state index contributed by atoms with van der Waals surface area (Å²) in [6.07, 6.45) is 3.29.